The predicted octanol–water partition coefficient (Wildman–Crippen LogP) is 1.20. The summed E-state index contributed by atoms with van der Waals surface area (Å²) in [5.74, 6) is -0.389. The van der Waals surface area contributed by atoms with Crippen LogP contribution in [0.25, 0.3) is 0 Å². The van der Waals surface area contributed by atoms with E-state index in [-0.39, 0.29) is 30.2 Å². The summed E-state index contributed by atoms with van der Waals surface area (Å²) < 4.78 is 29.6. The summed E-state index contributed by atoms with van der Waals surface area (Å²) in [6.45, 7) is 6.23. The molecule has 172 valence electrons. The van der Waals surface area contributed by atoms with E-state index in [2.05, 4.69) is 5.32 Å². The molecule has 31 heavy (non-hydrogen) atoms. The second-order valence-electron chi connectivity index (χ2n) is 9.10. The smallest absolute Gasteiger partial charge is 0.282 e. The average Bonchev–Trinajstić information content (AvgIpc) is 2.86. The Labute approximate surface area is 185 Å². The Morgan fingerprint density at radius 1 is 1.19 bits per heavy atom. The molecule has 1 amide bonds. The number of amides is 1. The maximum Gasteiger partial charge on any atom is 0.282 e. The van der Waals surface area contributed by atoms with Crippen LogP contribution in [0.5, 0.6) is 0 Å². The quantitative estimate of drug-likeness (QED) is 0.676. The first-order valence-corrected chi connectivity index (χ1v) is 12.4. The molecule has 0 unspecified atom stereocenters. The van der Waals surface area contributed by atoms with E-state index in [0.29, 0.717) is 38.8 Å². The minimum absolute atomic E-state index is 0.244. The summed E-state index contributed by atoms with van der Waals surface area (Å²) in [6.07, 6.45) is 2.06. The fourth-order valence-corrected chi connectivity index (χ4v) is 6.07. The molecule has 8 nitrogen and oxygen atoms in total. The van der Waals surface area contributed by atoms with Gasteiger partial charge in [0.15, 0.2) is 5.78 Å². The van der Waals surface area contributed by atoms with Gasteiger partial charge in [0.05, 0.1) is 18.6 Å². The third-order valence-electron chi connectivity index (χ3n) is 6.16. The molecule has 0 saturated carbocycles. The Hall–Kier alpha value is -1.81. The van der Waals surface area contributed by atoms with E-state index < -0.39 is 22.3 Å². The number of benzene rings is 1. The van der Waals surface area contributed by atoms with Crippen LogP contribution in [0.1, 0.15) is 51.2 Å². The molecule has 3 atom stereocenters. The highest BCUT2D eigenvalue weighted by Crippen LogP contribution is 2.26. The van der Waals surface area contributed by atoms with Crippen molar-refractivity contribution in [2.75, 3.05) is 13.1 Å². The van der Waals surface area contributed by atoms with E-state index in [0.717, 1.165) is 11.1 Å². The van der Waals surface area contributed by atoms with Crippen molar-refractivity contribution >= 4 is 21.9 Å². The van der Waals surface area contributed by atoms with Crippen molar-refractivity contribution in [1.82, 2.24) is 13.9 Å². The molecule has 0 radical (unpaired) electrons. The van der Waals surface area contributed by atoms with E-state index >= 15 is 0 Å². The van der Waals surface area contributed by atoms with Gasteiger partial charge in [0.1, 0.15) is 0 Å². The van der Waals surface area contributed by atoms with Gasteiger partial charge in [-0.1, -0.05) is 38.1 Å². The Morgan fingerprint density at radius 3 is 2.55 bits per heavy atom. The highest BCUT2D eigenvalue weighted by Gasteiger charge is 2.40. The van der Waals surface area contributed by atoms with Gasteiger partial charge in [0, 0.05) is 19.1 Å². The Balaban J connectivity index is 1.70. The first kappa shape index (κ1) is 23.8. The summed E-state index contributed by atoms with van der Waals surface area (Å²) in [5.41, 5.74) is 8.10. The molecule has 0 spiro atoms. The molecule has 0 aliphatic carbocycles. The highest BCUT2D eigenvalue weighted by atomic mass is 32.2. The zero-order chi connectivity index (χ0) is 22.8. The second kappa shape index (κ2) is 9.77. The average molecular weight is 451 g/mol. The van der Waals surface area contributed by atoms with Gasteiger partial charge >= 0.3 is 0 Å². The monoisotopic (exact) mass is 450 g/mol. The van der Waals surface area contributed by atoms with E-state index in [4.69, 9.17) is 5.73 Å². The first-order chi connectivity index (χ1) is 14.6. The second-order valence-corrected chi connectivity index (χ2v) is 11.0. The molecule has 1 aromatic carbocycles. The molecular formula is C22H34N4O4S. The van der Waals surface area contributed by atoms with Crippen molar-refractivity contribution in [3.05, 3.63) is 35.4 Å². The lowest BCUT2D eigenvalue weighted by Crippen LogP contribution is -2.52. The van der Waals surface area contributed by atoms with Gasteiger partial charge in [-0.25, -0.2) is 0 Å². The van der Waals surface area contributed by atoms with Gasteiger partial charge in [-0.05, 0) is 49.7 Å². The zero-order valence-electron chi connectivity index (χ0n) is 18.6. The van der Waals surface area contributed by atoms with Crippen molar-refractivity contribution < 1.29 is 18.0 Å². The lowest BCUT2D eigenvalue weighted by Gasteiger charge is -2.34. The molecule has 2 heterocycles. The van der Waals surface area contributed by atoms with Gasteiger partial charge < -0.3 is 11.1 Å². The number of rotatable bonds is 6. The molecule has 2 aliphatic rings. The van der Waals surface area contributed by atoms with Gasteiger partial charge in [-0.15, -0.1) is 0 Å². The van der Waals surface area contributed by atoms with Crippen LogP contribution in [-0.4, -0.2) is 59.9 Å². The largest absolute Gasteiger partial charge is 0.345 e. The highest BCUT2D eigenvalue weighted by molar-refractivity contribution is 7.86. The van der Waals surface area contributed by atoms with E-state index in [9.17, 15) is 18.0 Å². The molecule has 3 rings (SSSR count). The third kappa shape index (κ3) is 5.52. The van der Waals surface area contributed by atoms with Gasteiger partial charge in [-0.3, -0.25) is 9.59 Å². The van der Waals surface area contributed by atoms with Crippen LogP contribution < -0.4 is 11.1 Å². The maximum absolute atomic E-state index is 13.4. The van der Waals surface area contributed by atoms with Crippen LogP contribution in [0.3, 0.4) is 0 Å². The van der Waals surface area contributed by atoms with Crippen molar-refractivity contribution in [3.63, 3.8) is 0 Å². The topological polar surface area (TPSA) is 113 Å². The van der Waals surface area contributed by atoms with Crippen LogP contribution in [0.4, 0.5) is 0 Å². The van der Waals surface area contributed by atoms with Crippen LogP contribution >= 0.6 is 0 Å². The summed E-state index contributed by atoms with van der Waals surface area (Å²) in [6, 6.07) is 6.11. The van der Waals surface area contributed by atoms with Gasteiger partial charge in [0.25, 0.3) is 10.2 Å². The van der Waals surface area contributed by atoms with Crippen LogP contribution in [0.15, 0.2) is 24.3 Å². The van der Waals surface area contributed by atoms with Gasteiger partial charge in [-0.2, -0.15) is 17.0 Å². The number of nitrogens with two attached hydrogens (primary N) is 1. The van der Waals surface area contributed by atoms with Crippen LogP contribution in [-0.2, 0) is 32.8 Å². The minimum atomic E-state index is -3.81. The molecule has 1 saturated heterocycles. The van der Waals surface area contributed by atoms with Crippen molar-refractivity contribution in [3.8, 4) is 0 Å². The molecule has 9 heteroatoms. The molecule has 1 aromatic rings. The number of nitrogens with one attached hydrogen (secondary N) is 1. The predicted molar refractivity (Wildman–Crippen MR) is 119 cm³/mol. The number of hydrogen-bond donors (Lipinski definition) is 2. The number of carbonyl (C=O) groups excluding carboxylic acids is 2. The number of fused-ring (bicyclic) bond motifs is 1. The fourth-order valence-electron chi connectivity index (χ4n) is 4.30. The molecule has 3 N–H and O–H groups in total. The van der Waals surface area contributed by atoms with Crippen LogP contribution in [0.2, 0.25) is 0 Å². The number of nitrogens with zero attached hydrogens (tertiary/aromatic N) is 2. The van der Waals surface area contributed by atoms with Crippen LogP contribution in [0, 0.1) is 5.92 Å². The summed E-state index contributed by atoms with van der Waals surface area (Å²) >= 11 is 0. The molecule has 1 fully saturated rings. The summed E-state index contributed by atoms with van der Waals surface area (Å²) in [4.78, 5) is 25.3. The summed E-state index contributed by atoms with van der Waals surface area (Å²) in [5, 5.41) is 2.75. The van der Waals surface area contributed by atoms with E-state index in [1.807, 2.05) is 45.0 Å². The normalized spacial score (nSPS) is 24.5. The minimum Gasteiger partial charge on any atom is -0.345 e. The van der Waals surface area contributed by atoms with Crippen molar-refractivity contribution in [1.29, 1.82) is 0 Å². The number of Topliss-reactive ketones (excluding diaryl/α,β-unsaturated/α-hetero) is 1. The fraction of sp³-hybridized carbons (Fsp3) is 0.636. The number of hydrogen-bond acceptors (Lipinski definition) is 5. The third-order valence-corrected chi connectivity index (χ3v) is 8.21. The molecule has 2 aliphatic heterocycles. The SMILES string of the molecule is CC(C)C[C@H](N)C(=O)N[C@H]1CC[C@@H](C)N(S(=O)(=O)N2CCc3ccccc3C2)CC1=O. The molecule has 0 bridgehead atoms. The lowest BCUT2D eigenvalue weighted by molar-refractivity contribution is -0.128. The van der Waals surface area contributed by atoms with Crippen molar-refractivity contribution in [2.45, 2.75) is 71.1 Å². The lowest BCUT2D eigenvalue weighted by atomic mass is 10.0. The number of carbonyl (C=O) groups is 2. The Bertz CT molecular complexity index is 918. The van der Waals surface area contributed by atoms with Crippen molar-refractivity contribution in [2.24, 2.45) is 11.7 Å². The molecule has 0 aromatic heterocycles. The zero-order valence-corrected chi connectivity index (χ0v) is 19.4. The first-order valence-electron chi connectivity index (χ1n) is 11.0. The van der Waals surface area contributed by atoms with E-state index in [1.165, 1.54) is 8.61 Å². The molecular weight excluding hydrogens is 416 g/mol. The standard InChI is InChI=1S/C22H34N4O4S/c1-15(2)12-19(23)22(28)24-20-9-8-16(3)26(14-21(20)27)31(29,30)25-11-10-17-6-4-5-7-18(17)13-25/h4-7,15-16,19-20H,8-14,23H2,1-3H3,(H,24,28)/t16-,19+,20+/m1/s1. The number of ketones is 1. The van der Waals surface area contributed by atoms with E-state index in [1.54, 1.807) is 0 Å². The Kier molecular flexibility index (Phi) is 7.51. The Morgan fingerprint density at radius 2 is 1.87 bits per heavy atom. The van der Waals surface area contributed by atoms with Gasteiger partial charge in [0.2, 0.25) is 5.91 Å². The summed E-state index contributed by atoms with van der Waals surface area (Å²) in [7, 11) is -3.81. The maximum atomic E-state index is 13.4.